The summed E-state index contributed by atoms with van der Waals surface area (Å²) in [7, 11) is 0. The second kappa shape index (κ2) is 3.64. The summed E-state index contributed by atoms with van der Waals surface area (Å²) in [5, 5.41) is 9.23. The maximum atomic E-state index is 10.9. The molecule has 1 fully saturated rings. The first kappa shape index (κ1) is 8.34. The van der Waals surface area contributed by atoms with Crippen LogP contribution in [0.4, 0.5) is 0 Å². The Balaban J connectivity index is 1.78. The standard InChI is InChI=1S/C8H14N4O/c13-7-2-1-6(5-11-7)12-8-9-3-4-10-8/h6H,1-5H2,(H,11,13)(H2,9,10,12). The molecule has 0 aromatic rings. The van der Waals surface area contributed by atoms with E-state index in [1.165, 1.54) is 0 Å². The number of rotatable bonds is 1. The van der Waals surface area contributed by atoms with Gasteiger partial charge in [0.25, 0.3) is 0 Å². The molecule has 3 N–H and O–H groups in total. The molecule has 1 saturated heterocycles. The summed E-state index contributed by atoms with van der Waals surface area (Å²) in [5.74, 6) is 1.03. The summed E-state index contributed by atoms with van der Waals surface area (Å²) in [6, 6.07) is 0.335. The van der Waals surface area contributed by atoms with Gasteiger partial charge in [-0.15, -0.1) is 0 Å². The zero-order chi connectivity index (χ0) is 9.10. The highest BCUT2D eigenvalue weighted by Crippen LogP contribution is 2.02. The summed E-state index contributed by atoms with van der Waals surface area (Å²) in [4.78, 5) is 15.1. The molecule has 2 rings (SSSR count). The lowest BCUT2D eigenvalue weighted by molar-refractivity contribution is -0.122. The Bertz CT molecular complexity index is 228. The largest absolute Gasteiger partial charge is 0.355 e. The predicted octanol–water partition coefficient (Wildman–Crippen LogP) is -1.19. The molecule has 0 aromatic carbocycles. The van der Waals surface area contributed by atoms with Crippen LogP contribution in [-0.4, -0.2) is 37.5 Å². The fourth-order valence-electron chi connectivity index (χ4n) is 1.54. The average molecular weight is 182 g/mol. The third-order valence-corrected chi connectivity index (χ3v) is 2.28. The van der Waals surface area contributed by atoms with E-state index >= 15 is 0 Å². The topological polar surface area (TPSA) is 65.5 Å². The molecule has 2 aliphatic rings. The van der Waals surface area contributed by atoms with Gasteiger partial charge in [-0.3, -0.25) is 9.79 Å². The van der Waals surface area contributed by atoms with Crippen LogP contribution in [0.5, 0.6) is 0 Å². The van der Waals surface area contributed by atoms with Gasteiger partial charge in [-0.25, -0.2) is 0 Å². The van der Waals surface area contributed by atoms with E-state index in [0.717, 1.165) is 25.5 Å². The van der Waals surface area contributed by atoms with Crippen LogP contribution in [0, 0.1) is 0 Å². The maximum Gasteiger partial charge on any atom is 0.220 e. The van der Waals surface area contributed by atoms with Crippen molar-refractivity contribution in [2.75, 3.05) is 19.6 Å². The number of nitrogens with one attached hydrogen (secondary N) is 3. The Morgan fingerprint density at radius 3 is 3.00 bits per heavy atom. The number of piperidine rings is 1. The van der Waals surface area contributed by atoms with E-state index in [-0.39, 0.29) is 5.91 Å². The molecule has 0 aliphatic carbocycles. The van der Waals surface area contributed by atoms with Crippen molar-refractivity contribution >= 4 is 11.9 Å². The van der Waals surface area contributed by atoms with Gasteiger partial charge in [0.1, 0.15) is 0 Å². The molecule has 2 aliphatic heterocycles. The summed E-state index contributed by atoms with van der Waals surface area (Å²) in [5.41, 5.74) is 0. The molecule has 1 amide bonds. The second-order valence-electron chi connectivity index (χ2n) is 3.34. The van der Waals surface area contributed by atoms with Crippen molar-refractivity contribution in [1.29, 1.82) is 0 Å². The Morgan fingerprint density at radius 2 is 2.38 bits per heavy atom. The third-order valence-electron chi connectivity index (χ3n) is 2.28. The van der Waals surface area contributed by atoms with Crippen molar-refractivity contribution in [3.63, 3.8) is 0 Å². The molecule has 1 atom stereocenters. The van der Waals surface area contributed by atoms with E-state index in [1.54, 1.807) is 0 Å². The summed E-state index contributed by atoms with van der Waals surface area (Å²) < 4.78 is 0. The molecular formula is C8H14N4O. The molecule has 0 radical (unpaired) electrons. The van der Waals surface area contributed by atoms with Crippen LogP contribution < -0.4 is 16.0 Å². The number of hydrogen-bond acceptors (Lipinski definition) is 4. The van der Waals surface area contributed by atoms with E-state index in [4.69, 9.17) is 0 Å². The third kappa shape index (κ3) is 2.11. The number of hydrogen-bond donors (Lipinski definition) is 3. The zero-order valence-corrected chi connectivity index (χ0v) is 7.47. The highest BCUT2D eigenvalue weighted by Gasteiger charge is 2.19. The van der Waals surface area contributed by atoms with E-state index in [9.17, 15) is 4.79 Å². The summed E-state index contributed by atoms with van der Waals surface area (Å²) in [6.45, 7) is 2.47. The van der Waals surface area contributed by atoms with Crippen molar-refractivity contribution in [3.05, 3.63) is 0 Å². The van der Waals surface area contributed by atoms with Gasteiger partial charge in [0.2, 0.25) is 5.91 Å². The number of amides is 1. The smallest absolute Gasteiger partial charge is 0.220 e. The average Bonchev–Trinajstić information content (AvgIpc) is 2.62. The molecule has 5 heteroatoms. The predicted molar refractivity (Wildman–Crippen MR) is 49.5 cm³/mol. The van der Waals surface area contributed by atoms with Gasteiger partial charge in [0.05, 0.1) is 6.54 Å². The Morgan fingerprint density at radius 1 is 1.46 bits per heavy atom. The van der Waals surface area contributed by atoms with Gasteiger partial charge in [-0.1, -0.05) is 0 Å². The SMILES string of the molecule is O=C1CCC(NC2=NCCN2)CN1. The zero-order valence-electron chi connectivity index (χ0n) is 7.47. The Kier molecular flexibility index (Phi) is 2.33. The van der Waals surface area contributed by atoms with Crippen LogP contribution in [0.2, 0.25) is 0 Å². The fraction of sp³-hybridized carbons (Fsp3) is 0.750. The molecule has 0 bridgehead atoms. The number of aliphatic imine (C=N–C) groups is 1. The minimum absolute atomic E-state index is 0.152. The molecule has 0 spiro atoms. The lowest BCUT2D eigenvalue weighted by Gasteiger charge is -2.24. The molecule has 13 heavy (non-hydrogen) atoms. The molecular weight excluding hydrogens is 168 g/mol. The number of carbonyl (C=O) groups is 1. The molecule has 1 unspecified atom stereocenters. The molecule has 5 nitrogen and oxygen atoms in total. The van der Waals surface area contributed by atoms with E-state index < -0.39 is 0 Å². The van der Waals surface area contributed by atoms with Crippen LogP contribution >= 0.6 is 0 Å². The van der Waals surface area contributed by atoms with Crippen molar-refractivity contribution in [2.45, 2.75) is 18.9 Å². The highest BCUT2D eigenvalue weighted by molar-refractivity contribution is 5.82. The number of nitrogens with zero attached hydrogens (tertiary/aromatic N) is 1. The van der Waals surface area contributed by atoms with E-state index in [0.29, 0.717) is 19.0 Å². The number of guanidine groups is 1. The second-order valence-corrected chi connectivity index (χ2v) is 3.34. The van der Waals surface area contributed by atoms with Crippen molar-refractivity contribution in [1.82, 2.24) is 16.0 Å². The molecule has 0 saturated carbocycles. The van der Waals surface area contributed by atoms with Gasteiger partial charge in [0.15, 0.2) is 5.96 Å². The van der Waals surface area contributed by atoms with Crippen LogP contribution in [0.3, 0.4) is 0 Å². The summed E-state index contributed by atoms with van der Waals surface area (Å²) >= 11 is 0. The lowest BCUT2D eigenvalue weighted by atomic mass is 10.1. The Labute approximate surface area is 77.0 Å². The van der Waals surface area contributed by atoms with Crippen molar-refractivity contribution in [3.8, 4) is 0 Å². The van der Waals surface area contributed by atoms with Crippen molar-refractivity contribution < 1.29 is 4.79 Å². The quantitative estimate of drug-likeness (QED) is 0.478. The first-order valence-corrected chi connectivity index (χ1v) is 4.66. The maximum absolute atomic E-state index is 10.9. The summed E-state index contributed by atoms with van der Waals surface area (Å²) in [6.07, 6.45) is 1.51. The molecule has 0 aromatic heterocycles. The van der Waals surface area contributed by atoms with E-state index in [1.807, 2.05) is 0 Å². The van der Waals surface area contributed by atoms with Gasteiger partial charge in [-0.2, -0.15) is 0 Å². The van der Waals surface area contributed by atoms with Crippen LogP contribution in [0.25, 0.3) is 0 Å². The minimum Gasteiger partial charge on any atom is -0.355 e. The first-order valence-electron chi connectivity index (χ1n) is 4.66. The first-order chi connectivity index (χ1) is 6.34. The normalized spacial score (nSPS) is 27.5. The van der Waals surface area contributed by atoms with Crippen molar-refractivity contribution in [2.24, 2.45) is 4.99 Å². The molecule has 2 heterocycles. The molecule has 72 valence electrons. The highest BCUT2D eigenvalue weighted by atomic mass is 16.1. The monoisotopic (exact) mass is 182 g/mol. The fourth-order valence-corrected chi connectivity index (χ4v) is 1.54. The van der Waals surface area contributed by atoms with Crippen LogP contribution in [0.15, 0.2) is 4.99 Å². The van der Waals surface area contributed by atoms with Gasteiger partial charge < -0.3 is 16.0 Å². The number of carbonyl (C=O) groups excluding carboxylic acids is 1. The lowest BCUT2D eigenvalue weighted by Crippen LogP contribution is -2.50. The van der Waals surface area contributed by atoms with Gasteiger partial charge in [-0.05, 0) is 6.42 Å². The van der Waals surface area contributed by atoms with Crippen LogP contribution in [-0.2, 0) is 4.79 Å². The minimum atomic E-state index is 0.152. The van der Waals surface area contributed by atoms with Gasteiger partial charge in [0, 0.05) is 25.6 Å². The Hall–Kier alpha value is -1.26. The van der Waals surface area contributed by atoms with Crippen LogP contribution in [0.1, 0.15) is 12.8 Å². The van der Waals surface area contributed by atoms with E-state index in [2.05, 4.69) is 20.9 Å². The van der Waals surface area contributed by atoms with Gasteiger partial charge >= 0.3 is 0 Å².